The number of carboxylic acids is 2. The van der Waals surface area contributed by atoms with Crippen LogP contribution in [0, 0.1) is 13.8 Å². The minimum Gasteiger partial charge on any atom is -0.481 e. The molecule has 0 spiro atoms. The smallest absolute Gasteiger partial charge is 0.481 e. The molecule has 0 fully saturated rings. The van der Waals surface area contributed by atoms with Crippen molar-refractivity contribution in [1.82, 2.24) is 0 Å². The van der Waals surface area contributed by atoms with Crippen molar-refractivity contribution in [3.63, 3.8) is 0 Å². The number of unbranched alkanes of at least 4 members (excludes halogenated alkanes) is 18. The third-order valence-electron chi connectivity index (χ3n) is 5.70. The van der Waals surface area contributed by atoms with E-state index in [0.717, 1.165) is 38.5 Å². The molecule has 0 heterocycles. The van der Waals surface area contributed by atoms with Crippen LogP contribution in [0.25, 0.3) is 0 Å². The Morgan fingerprint density at radius 1 is 0.432 bits per heavy atom. The van der Waals surface area contributed by atoms with Crippen LogP contribution in [0.4, 0.5) is 0 Å². The van der Waals surface area contributed by atoms with Crippen molar-refractivity contribution < 1.29 is 36.9 Å². The third-order valence-corrected chi connectivity index (χ3v) is 5.70. The second-order valence-corrected chi connectivity index (χ2v) is 9.65. The Hall–Kier alpha value is -0.541. The van der Waals surface area contributed by atoms with Gasteiger partial charge in [-0.2, -0.15) is 12.8 Å². The van der Waals surface area contributed by atoms with Gasteiger partial charge in [0.2, 0.25) is 0 Å². The van der Waals surface area contributed by atoms with E-state index in [-0.39, 0.29) is 17.1 Å². The van der Waals surface area contributed by atoms with Gasteiger partial charge in [-0.1, -0.05) is 143 Å². The van der Waals surface area contributed by atoms with E-state index in [1.54, 1.807) is 0 Å². The van der Waals surface area contributed by atoms with Gasteiger partial charge >= 0.3 is 29.0 Å². The van der Waals surface area contributed by atoms with E-state index in [1.165, 1.54) is 103 Å². The molecule has 2 N–H and O–H groups in total. The Balaban J connectivity index is -0.000000140. The summed E-state index contributed by atoms with van der Waals surface area (Å²) in [4.78, 5) is 20.4. The van der Waals surface area contributed by atoms with E-state index in [9.17, 15) is 9.59 Å². The zero-order valence-corrected chi connectivity index (χ0v) is 26.3. The molecule has 0 unspecified atom stereocenters. The fourth-order valence-corrected chi connectivity index (χ4v) is 3.17. The summed E-state index contributed by atoms with van der Waals surface area (Å²) in [6, 6.07) is 0. The molecule has 0 aromatic carbocycles. The molecular weight excluding hydrogens is 512 g/mol. The summed E-state index contributed by atoms with van der Waals surface area (Å²) in [5, 5.41) is 16.8. The van der Waals surface area contributed by atoms with Gasteiger partial charge in [-0.15, -0.1) is 0 Å². The largest absolute Gasteiger partial charge is 2.00 e. The summed E-state index contributed by atoms with van der Waals surface area (Å²) >= 11 is 0. The molecule has 0 aliphatic carbocycles. The molecule has 229 valence electrons. The van der Waals surface area contributed by atoms with Gasteiger partial charge in [-0.3, -0.25) is 9.59 Å². The van der Waals surface area contributed by atoms with Gasteiger partial charge in [0.05, 0.1) is 0 Å². The predicted molar refractivity (Wildman–Crippen MR) is 159 cm³/mol. The van der Waals surface area contributed by atoms with Crippen LogP contribution in [0.2, 0.25) is 0 Å². The monoisotopic (exact) mass is 577 g/mol. The standard InChI is InChI=1S/2C12H24O2.2C4H9.Cu/c2*1-2-3-4-5-6-7-8-9-10-11-12(13)14;2*1-3-4-2;/h2*2-11H2,1H3,(H,13,14);2*1,3-4H2,2H3;/q;;2*-1;+2. The first-order valence-electron chi connectivity index (χ1n) is 15.4. The Morgan fingerprint density at radius 2 is 0.622 bits per heavy atom. The number of rotatable bonds is 22. The predicted octanol–water partition coefficient (Wildman–Crippen LogP) is 11.2. The van der Waals surface area contributed by atoms with Gasteiger partial charge < -0.3 is 24.1 Å². The number of carboxylic acid groups (broad SMARTS) is 2. The number of aliphatic carboxylic acids is 2. The zero-order valence-electron chi connectivity index (χ0n) is 25.4. The zero-order chi connectivity index (χ0) is 28.1. The van der Waals surface area contributed by atoms with E-state index in [1.807, 2.05) is 0 Å². The molecule has 5 heteroatoms. The maximum Gasteiger partial charge on any atom is 2.00 e. The number of hydrogen-bond donors (Lipinski definition) is 2. The van der Waals surface area contributed by atoms with Gasteiger partial charge in [0, 0.05) is 12.8 Å². The minimum absolute atomic E-state index is 0. The van der Waals surface area contributed by atoms with Gasteiger partial charge in [-0.05, 0) is 12.8 Å². The van der Waals surface area contributed by atoms with E-state index in [2.05, 4.69) is 41.5 Å². The SMILES string of the molecule is CCCCCCCCCCCC(=O)O.CCCCCCCCCCCC(=O)O.[CH2-]CCC.[CH2-]CCC.[Cu+2]. The first-order valence-corrected chi connectivity index (χ1v) is 15.4. The van der Waals surface area contributed by atoms with Gasteiger partial charge in [0.15, 0.2) is 0 Å². The van der Waals surface area contributed by atoms with Gasteiger partial charge in [0.25, 0.3) is 0 Å². The first kappa shape index (κ1) is 46.3. The average Bonchev–Trinajstić information content (AvgIpc) is 2.87. The van der Waals surface area contributed by atoms with Crippen molar-refractivity contribution >= 4 is 11.9 Å². The normalized spacial score (nSPS) is 9.46. The minimum atomic E-state index is -0.659. The Bertz CT molecular complexity index is 349. The van der Waals surface area contributed by atoms with Crippen LogP contribution in [0.1, 0.15) is 182 Å². The number of hydrogen-bond acceptors (Lipinski definition) is 2. The van der Waals surface area contributed by atoms with Crippen molar-refractivity contribution in [2.75, 3.05) is 0 Å². The van der Waals surface area contributed by atoms with Crippen molar-refractivity contribution in [1.29, 1.82) is 0 Å². The Kier molecular flexibility index (Phi) is 60.7. The molecule has 0 rings (SSSR count). The molecule has 37 heavy (non-hydrogen) atoms. The van der Waals surface area contributed by atoms with E-state index < -0.39 is 11.9 Å². The molecule has 0 aliphatic heterocycles. The van der Waals surface area contributed by atoms with Gasteiger partial charge in [0.1, 0.15) is 0 Å². The van der Waals surface area contributed by atoms with Crippen LogP contribution in [0.3, 0.4) is 0 Å². The van der Waals surface area contributed by atoms with Crippen LogP contribution < -0.4 is 0 Å². The van der Waals surface area contributed by atoms with Crippen LogP contribution in [0.15, 0.2) is 0 Å². The van der Waals surface area contributed by atoms with Crippen LogP contribution >= 0.6 is 0 Å². The summed E-state index contributed by atoms with van der Waals surface area (Å²) in [6.07, 6.45) is 27.5. The van der Waals surface area contributed by atoms with Crippen LogP contribution in [-0.2, 0) is 26.7 Å². The van der Waals surface area contributed by atoms with Gasteiger partial charge in [-0.25, -0.2) is 0 Å². The second kappa shape index (κ2) is 48.5. The first-order chi connectivity index (χ1) is 17.4. The molecule has 0 saturated carbocycles. The molecular formula is C32H66CuO4. The fraction of sp³-hybridized carbons (Fsp3) is 0.875. The number of carbonyl (C=O) groups is 2. The molecule has 0 aromatic rings. The molecule has 0 amide bonds. The Morgan fingerprint density at radius 3 is 0.784 bits per heavy atom. The average molecular weight is 578 g/mol. The summed E-state index contributed by atoms with van der Waals surface area (Å²) < 4.78 is 0. The second-order valence-electron chi connectivity index (χ2n) is 9.65. The van der Waals surface area contributed by atoms with E-state index >= 15 is 0 Å². The quantitative estimate of drug-likeness (QED) is 0.0761. The molecule has 0 aliphatic rings. The van der Waals surface area contributed by atoms with Crippen LogP contribution in [0.5, 0.6) is 0 Å². The fourth-order valence-electron chi connectivity index (χ4n) is 3.17. The summed E-state index contributed by atoms with van der Waals surface area (Å²) in [7, 11) is 0. The molecule has 4 nitrogen and oxygen atoms in total. The third kappa shape index (κ3) is 72.1. The summed E-state index contributed by atoms with van der Waals surface area (Å²) in [5.74, 6) is -1.32. The molecule has 1 radical (unpaired) electrons. The maximum atomic E-state index is 10.2. The Labute approximate surface area is 244 Å². The van der Waals surface area contributed by atoms with Crippen molar-refractivity contribution in [2.45, 2.75) is 182 Å². The van der Waals surface area contributed by atoms with Crippen molar-refractivity contribution in [2.24, 2.45) is 0 Å². The summed E-state index contributed by atoms with van der Waals surface area (Å²) in [6.45, 7) is 15.9. The van der Waals surface area contributed by atoms with Crippen LogP contribution in [-0.4, -0.2) is 22.2 Å². The summed E-state index contributed by atoms with van der Waals surface area (Å²) in [5.41, 5.74) is 0. The maximum absolute atomic E-state index is 10.2. The molecule has 0 bridgehead atoms. The van der Waals surface area contributed by atoms with Crippen molar-refractivity contribution in [3.05, 3.63) is 13.8 Å². The van der Waals surface area contributed by atoms with E-state index in [0.29, 0.717) is 12.8 Å². The topological polar surface area (TPSA) is 74.6 Å². The molecule has 0 atom stereocenters. The molecule has 0 aromatic heterocycles. The van der Waals surface area contributed by atoms with Crippen molar-refractivity contribution in [3.8, 4) is 0 Å². The molecule has 0 saturated heterocycles. The van der Waals surface area contributed by atoms with E-state index in [4.69, 9.17) is 10.2 Å².